The predicted molar refractivity (Wildman–Crippen MR) is 71.0 cm³/mol. The number of sulfonamides is 1. The molecule has 2 unspecified atom stereocenters. The van der Waals surface area contributed by atoms with Gasteiger partial charge in [0.25, 0.3) is 0 Å². The molecule has 2 aliphatic rings. The average molecular weight is 276 g/mol. The molecule has 1 saturated carbocycles. The highest BCUT2D eigenvalue weighted by Gasteiger charge is 2.30. The summed E-state index contributed by atoms with van der Waals surface area (Å²) in [6.45, 7) is 3.56. The molecule has 0 radical (unpaired) electrons. The number of ether oxygens (including phenoxy) is 1. The van der Waals surface area contributed by atoms with Gasteiger partial charge in [-0.15, -0.1) is 0 Å². The van der Waals surface area contributed by atoms with Crippen LogP contribution in [0, 0.1) is 0 Å². The Morgan fingerprint density at radius 3 is 2.67 bits per heavy atom. The molecule has 5 nitrogen and oxygen atoms in total. The van der Waals surface area contributed by atoms with E-state index in [0.717, 1.165) is 19.4 Å². The van der Waals surface area contributed by atoms with Crippen molar-refractivity contribution >= 4 is 10.0 Å². The van der Waals surface area contributed by atoms with Gasteiger partial charge < -0.3 is 10.1 Å². The first-order valence-corrected chi connectivity index (χ1v) is 8.30. The fraction of sp³-hybridized carbons (Fsp3) is 1.00. The largest absolute Gasteiger partial charge is 0.377 e. The molecule has 0 bridgehead atoms. The summed E-state index contributed by atoms with van der Waals surface area (Å²) in [5, 5.41) is 2.90. The van der Waals surface area contributed by atoms with Crippen molar-refractivity contribution in [3.63, 3.8) is 0 Å². The maximum atomic E-state index is 12.3. The summed E-state index contributed by atoms with van der Waals surface area (Å²) in [6.07, 6.45) is 4.44. The molecule has 1 aliphatic heterocycles. The molecule has 2 rings (SSSR count). The van der Waals surface area contributed by atoms with Crippen LogP contribution in [-0.2, 0) is 14.8 Å². The van der Waals surface area contributed by atoms with E-state index in [9.17, 15) is 8.42 Å². The maximum Gasteiger partial charge on any atom is 0.217 e. The van der Waals surface area contributed by atoms with Gasteiger partial charge in [0.05, 0.1) is 11.4 Å². The molecule has 2 fully saturated rings. The van der Waals surface area contributed by atoms with Gasteiger partial charge in [0.2, 0.25) is 10.0 Å². The molecule has 18 heavy (non-hydrogen) atoms. The van der Waals surface area contributed by atoms with Gasteiger partial charge in [-0.25, -0.2) is 12.7 Å². The van der Waals surface area contributed by atoms with Crippen LogP contribution in [-0.4, -0.2) is 56.9 Å². The fourth-order valence-corrected chi connectivity index (χ4v) is 3.51. The van der Waals surface area contributed by atoms with Crippen LogP contribution in [0.1, 0.15) is 32.6 Å². The van der Waals surface area contributed by atoms with E-state index < -0.39 is 10.0 Å². The first-order chi connectivity index (χ1) is 8.50. The third kappa shape index (κ3) is 3.66. The van der Waals surface area contributed by atoms with E-state index in [1.54, 1.807) is 14.0 Å². The van der Waals surface area contributed by atoms with Crippen LogP contribution < -0.4 is 5.32 Å². The standard InChI is InChI=1S/C12H24N2O3S/c1-10(8-13-11-5-6-11)18(15,16)14(2)9-12-4-3-7-17-12/h10-13H,3-9H2,1-2H3. The van der Waals surface area contributed by atoms with Crippen molar-refractivity contribution in [2.45, 2.75) is 50.0 Å². The van der Waals surface area contributed by atoms with Gasteiger partial charge in [0.15, 0.2) is 0 Å². The molecular formula is C12H24N2O3S. The van der Waals surface area contributed by atoms with Gasteiger partial charge in [-0.1, -0.05) is 0 Å². The van der Waals surface area contributed by atoms with Crippen LogP contribution in [0.15, 0.2) is 0 Å². The summed E-state index contributed by atoms with van der Waals surface area (Å²) in [4.78, 5) is 0. The normalized spacial score (nSPS) is 26.7. The highest BCUT2D eigenvalue weighted by atomic mass is 32.2. The van der Waals surface area contributed by atoms with Crippen molar-refractivity contribution in [2.24, 2.45) is 0 Å². The van der Waals surface area contributed by atoms with Crippen LogP contribution in [0.5, 0.6) is 0 Å². The Hall–Kier alpha value is -0.170. The Balaban J connectivity index is 1.82. The number of likely N-dealkylation sites (N-methyl/N-ethyl adjacent to an activating group) is 1. The van der Waals surface area contributed by atoms with Gasteiger partial charge in [0.1, 0.15) is 0 Å². The molecule has 0 spiro atoms. The van der Waals surface area contributed by atoms with Gasteiger partial charge in [-0.3, -0.25) is 0 Å². The first kappa shape index (κ1) is 14.2. The molecule has 0 aromatic rings. The third-order valence-electron chi connectivity index (χ3n) is 3.70. The van der Waals surface area contributed by atoms with E-state index >= 15 is 0 Å². The Morgan fingerprint density at radius 1 is 1.39 bits per heavy atom. The smallest absolute Gasteiger partial charge is 0.217 e. The third-order valence-corrected chi connectivity index (χ3v) is 5.90. The second kappa shape index (κ2) is 5.86. The van der Waals surface area contributed by atoms with Crippen molar-refractivity contribution in [1.29, 1.82) is 0 Å². The van der Waals surface area contributed by atoms with Gasteiger partial charge >= 0.3 is 0 Å². The second-order valence-corrected chi connectivity index (χ2v) is 7.91. The maximum absolute atomic E-state index is 12.3. The molecular weight excluding hydrogens is 252 g/mol. The SMILES string of the molecule is CC(CNC1CC1)S(=O)(=O)N(C)CC1CCCO1. The summed E-state index contributed by atoms with van der Waals surface area (Å²) in [5.74, 6) is 0. The minimum absolute atomic E-state index is 0.0772. The summed E-state index contributed by atoms with van der Waals surface area (Å²) in [5.41, 5.74) is 0. The Labute approximate surface area is 110 Å². The van der Waals surface area contributed by atoms with Crippen molar-refractivity contribution in [2.75, 3.05) is 26.7 Å². The molecule has 2 atom stereocenters. The highest BCUT2D eigenvalue weighted by molar-refractivity contribution is 7.89. The number of hydrogen-bond acceptors (Lipinski definition) is 4. The molecule has 1 aliphatic carbocycles. The van der Waals surface area contributed by atoms with Crippen LogP contribution in [0.4, 0.5) is 0 Å². The van der Waals surface area contributed by atoms with Crippen molar-refractivity contribution in [3.8, 4) is 0 Å². The molecule has 0 amide bonds. The molecule has 0 aromatic heterocycles. The zero-order valence-corrected chi connectivity index (χ0v) is 12.1. The first-order valence-electron chi connectivity index (χ1n) is 6.80. The topological polar surface area (TPSA) is 58.6 Å². The lowest BCUT2D eigenvalue weighted by molar-refractivity contribution is 0.0977. The molecule has 6 heteroatoms. The quantitative estimate of drug-likeness (QED) is 0.738. The fourth-order valence-electron chi connectivity index (χ4n) is 2.21. The lowest BCUT2D eigenvalue weighted by atomic mass is 10.2. The average Bonchev–Trinajstić information content (AvgIpc) is 3.02. The van der Waals surface area contributed by atoms with Gasteiger partial charge in [0, 0.05) is 32.8 Å². The minimum Gasteiger partial charge on any atom is -0.377 e. The van der Waals surface area contributed by atoms with E-state index in [0.29, 0.717) is 19.1 Å². The lowest BCUT2D eigenvalue weighted by Crippen LogP contribution is -2.43. The Bertz CT molecular complexity index is 362. The Morgan fingerprint density at radius 2 is 2.11 bits per heavy atom. The van der Waals surface area contributed by atoms with E-state index in [-0.39, 0.29) is 11.4 Å². The van der Waals surface area contributed by atoms with Gasteiger partial charge in [-0.05, 0) is 32.6 Å². The monoisotopic (exact) mass is 276 g/mol. The van der Waals surface area contributed by atoms with E-state index in [2.05, 4.69) is 5.32 Å². The van der Waals surface area contributed by atoms with Gasteiger partial charge in [-0.2, -0.15) is 0 Å². The van der Waals surface area contributed by atoms with Crippen molar-refractivity contribution < 1.29 is 13.2 Å². The number of rotatable bonds is 7. The van der Waals surface area contributed by atoms with Crippen LogP contribution >= 0.6 is 0 Å². The number of hydrogen-bond donors (Lipinski definition) is 1. The molecule has 106 valence electrons. The zero-order valence-electron chi connectivity index (χ0n) is 11.3. The summed E-state index contributed by atoms with van der Waals surface area (Å²) >= 11 is 0. The Kier molecular flexibility index (Phi) is 4.64. The minimum atomic E-state index is -3.20. The van der Waals surface area contributed by atoms with Crippen molar-refractivity contribution in [1.82, 2.24) is 9.62 Å². The highest BCUT2D eigenvalue weighted by Crippen LogP contribution is 2.20. The molecule has 1 N–H and O–H groups in total. The van der Waals surface area contributed by atoms with Crippen LogP contribution in [0.25, 0.3) is 0 Å². The van der Waals surface area contributed by atoms with E-state index in [1.165, 1.54) is 17.1 Å². The molecule has 0 aromatic carbocycles. The summed E-state index contributed by atoms with van der Waals surface area (Å²) < 4.78 is 31.5. The zero-order chi connectivity index (χ0) is 13.2. The number of nitrogens with zero attached hydrogens (tertiary/aromatic N) is 1. The van der Waals surface area contributed by atoms with Crippen LogP contribution in [0.2, 0.25) is 0 Å². The van der Waals surface area contributed by atoms with Crippen LogP contribution in [0.3, 0.4) is 0 Å². The predicted octanol–water partition coefficient (Wildman–Crippen LogP) is 0.568. The summed E-state index contributed by atoms with van der Waals surface area (Å²) in [7, 11) is -1.55. The molecule has 1 heterocycles. The van der Waals surface area contributed by atoms with E-state index in [4.69, 9.17) is 4.74 Å². The summed E-state index contributed by atoms with van der Waals surface area (Å²) in [6, 6.07) is 0.547. The van der Waals surface area contributed by atoms with E-state index in [1.807, 2.05) is 0 Å². The number of nitrogens with one attached hydrogen (secondary N) is 1. The molecule has 1 saturated heterocycles. The second-order valence-electron chi connectivity index (χ2n) is 5.45. The lowest BCUT2D eigenvalue weighted by Gasteiger charge is -2.24. The van der Waals surface area contributed by atoms with Crippen molar-refractivity contribution in [3.05, 3.63) is 0 Å².